The predicted molar refractivity (Wildman–Crippen MR) is 49.2 cm³/mol. The van der Waals surface area contributed by atoms with Crippen LogP contribution >= 0.6 is 0 Å². The number of rotatable bonds is 1. The first kappa shape index (κ1) is 11.1. The van der Waals surface area contributed by atoms with E-state index in [1.807, 2.05) is 0 Å². The van der Waals surface area contributed by atoms with E-state index in [9.17, 15) is 13.6 Å². The highest BCUT2D eigenvalue weighted by Gasteiger charge is 2.13. The van der Waals surface area contributed by atoms with E-state index in [0.29, 0.717) is 6.07 Å². The second-order valence-corrected chi connectivity index (χ2v) is 2.62. The topological polar surface area (TPSA) is 63.3 Å². The molecule has 15 heavy (non-hydrogen) atoms. The van der Waals surface area contributed by atoms with Gasteiger partial charge < -0.3 is 10.8 Å². The molecule has 0 unspecified atom stereocenters. The summed E-state index contributed by atoms with van der Waals surface area (Å²) >= 11 is 0. The van der Waals surface area contributed by atoms with Crippen molar-refractivity contribution in [1.29, 1.82) is 0 Å². The molecule has 0 saturated carbocycles. The van der Waals surface area contributed by atoms with E-state index in [0.717, 1.165) is 6.07 Å². The van der Waals surface area contributed by atoms with Crippen LogP contribution in [-0.4, -0.2) is 17.6 Å². The number of nitrogens with two attached hydrogens (primary N) is 1. The number of carbonyl (C=O) groups is 1. The molecule has 1 aromatic carbocycles. The maximum atomic E-state index is 13.1. The van der Waals surface area contributed by atoms with Crippen molar-refractivity contribution in [1.82, 2.24) is 0 Å². The summed E-state index contributed by atoms with van der Waals surface area (Å²) in [6, 6.07) is 1.33. The summed E-state index contributed by atoms with van der Waals surface area (Å²) in [5, 5.41) is 8.49. The minimum atomic E-state index is -1.52. The molecule has 78 valence electrons. The molecule has 0 atom stereocenters. The van der Waals surface area contributed by atoms with Gasteiger partial charge in [-0.05, 0) is 12.1 Å². The predicted octanol–water partition coefficient (Wildman–Crippen LogP) is 0.973. The van der Waals surface area contributed by atoms with Crippen molar-refractivity contribution in [3.63, 3.8) is 0 Å². The van der Waals surface area contributed by atoms with Gasteiger partial charge in [0.2, 0.25) is 0 Å². The molecule has 0 heterocycles. The molecule has 0 bridgehead atoms. The summed E-state index contributed by atoms with van der Waals surface area (Å²) in [7, 11) is 0. The highest BCUT2D eigenvalue weighted by atomic mass is 19.1. The third-order valence-corrected chi connectivity index (χ3v) is 1.61. The van der Waals surface area contributed by atoms with Crippen molar-refractivity contribution in [2.45, 2.75) is 0 Å². The normalized spacial score (nSPS) is 9.27. The van der Waals surface area contributed by atoms with Crippen molar-refractivity contribution < 1.29 is 18.7 Å². The van der Waals surface area contributed by atoms with Gasteiger partial charge in [0.15, 0.2) is 0 Å². The zero-order valence-corrected chi connectivity index (χ0v) is 7.55. The van der Waals surface area contributed by atoms with Crippen LogP contribution in [0.3, 0.4) is 0 Å². The molecule has 3 N–H and O–H groups in total. The Balaban J connectivity index is 3.25. The van der Waals surface area contributed by atoms with Gasteiger partial charge >= 0.3 is 5.97 Å². The van der Waals surface area contributed by atoms with Gasteiger partial charge in [-0.3, -0.25) is 0 Å². The fourth-order valence-corrected chi connectivity index (χ4v) is 0.953. The molecule has 0 aliphatic rings. The number of halogens is 2. The fourth-order valence-electron chi connectivity index (χ4n) is 0.953. The third-order valence-electron chi connectivity index (χ3n) is 1.61. The first-order valence-corrected chi connectivity index (χ1v) is 3.97. The van der Waals surface area contributed by atoms with Gasteiger partial charge in [0.25, 0.3) is 0 Å². The number of benzene rings is 1. The fraction of sp³-hybridized carbons (Fsp3) is 0.100. The average molecular weight is 211 g/mol. The summed E-state index contributed by atoms with van der Waals surface area (Å²) in [6.07, 6.45) is 0. The van der Waals surface area contributed by atoms with Gasteiger partial charge in [-0.25, -0.2) is 13.6 Å². The highest BCUT2D eigenvalue weighted by molar-refractivity contribution is 5.88. The molecule has 5 heteroatoms. The van der Waals surface area contributed by atoms with E-state index in [2.05, 4.69) is 11.8 Å². The van der Waals surface area contributed by atoms with Gasteiger partial charge in [-0.1, -0.05) is 11.8 Å². The minimum absolute atomic E-state index is 0.0156. The van der Waals surface area contributed by atoms with Crippen LogP contribution < -0.4 is 5.73 Å². The maximum absolute atomic E-state index is 13.1. The Labute approximate surface area is 84.5 Å². The van der Waals surface area contributed by atoms with Gasteiger partial charge in [0.05, 0.1) is 17.7 Å². The van der Waals surface area contributed by atoms with E-state index in [1.54, 1.807) is 0 Å². The summed E-state index contributed by atoms with van der Waals surface area (Å²) in [5.41, 5.74) is 4.14. The lowest BCUT2D eigenvalue weighted by atomic mass is 10.1. The summed E-state index contributed by atoms with van der Waals surface area (Å²) in [5.74, 6) is 1.22. The standard InChI is InChI=1S/C10H7F2NO2/c11-8-5-7(10(14)15)9(12)4-6(8)2-1-3-13/h4-5H,3,13H2,(H,14,15). The van der Waals surface area contributed by atoms with Crippen molar-refractivity contribution in [2.75, 3.05) is 6.54 Å². The second kappa shape index (κ2) is 4.53. The molecule has 1 aromatic rings. The number of hydrogen-bond donors (Lipinski definition) is 2. The quantitative estimate of drug-likeness (QED) is 0.680. The van der Waals surface area contributed by atoms with Crippen LogP contribution in [0.1, 0.15) is 15.9 Å². The molecule has 0 aliphatic carbocycles. The lowest BCUT2D eigenvalue weighted by molar-refractivity contribution is 0.0691. The summed E-state index contributed by atoms with van der Waals surface area (Å²) in [6.45, 7) is 0.0156. The molecule has 0 saturated heterocycles. The molecule has 0 aliphatic heterocycles. The zero-order chi connectivity index (χ0) is 11.4. The number of carboxylic acid groups (broad SMARTS) is 1. The summed E-state index contributed by atoms with van der Waals surface area (Å²) in [4.78, 5) is 10.4. The Morgan fingerprint density at radius 1 is 1.40 bits per heavy atom. The van der Waals surface area contributed by atoms with E-state index in [4.69, 9.17) is 10.8 Å². The van der Waals surface area contributed by atoms with E-state index >= 15 is 0 Å². The lowest BCUT2D eigenvalue weighted by Crippen LogP contribution is -2.03. The Bertz CT molecular complexity index is 460. The first-order valence-electron chi connectivity index (χ1n) is 3.97. The molecule has 1 rings (SSSR count). The van der Waals surface area contributed by atoms with Crippen LogP contribution in [0, 0.1) is 23.5 Å². The van der Waals surface area contributed by atoms with Crippen LogP contribution in [0.25, 0.3) is 0 Å². The second-order valence-electron chi connectivity index (χ2n) is 2.62. The van der Waals surface area contributed by atoms with Crippen molar-refractivity contribution in [2.24, 2.45) is 5.73 Å². The Kier molecular flexibility index (Phi) is 3.37. The molecule has 0 radical (unpaired) electrons. The van der Waals surface area contributed by atoms with Crippen LogP contribution in [0.5, 0.6) is 0 Å². The maximum Gasteiger partial charge on any atom is 0.338 e. The SMILES string of the molecule is NCC#Cc1cc(F)c(C(=O)O)cc1F. The van der Waals surface area contributed by atoms with Crippen LogP contribution in [-0.2, 0) is 0 Å². The molecule has 0 fully saturated rings. The first-order chi connectivity index (χ1) is 7.06. The monoisotopic (exact) mass is 211 g/mol. The molecular weight excluding hydrogens is 204 g/mol. The van der Waals surface area contributed by atoms with E-state index in [-0.39, 0.29) is 12.1 Å². The number of aromatic carboxylic acids is 1. The van der Waals surface area contributed by atoms with Crippen LogP contribution in [0.2, 0.25) is 0 Å². The minimum Gasteiger partial charge on any atom is -0.478 e. The van der Waals surface area contributed by atoms with Crippen molar-refractivity contribution >= 4 is 5.97 Å². The van der Waals surface area contributed by atoms with Gasteiger partial charge in [-0.2, -0.15) is 0 Å². The summed E-state index contributed by atoms with van der Waals surface area (Å²) < 4.78 is 26.2. The van der Waals surface area contributed by atoms with Gasteiger partial charge in [-0.15, -0.1) is 0 Å². The zero-order valence-electron chi connectivity index (χ0n) is 7.55. The van der Waals surface area contributed by atoms with Gasteiger partial charge in [0, 0.05) is 0 Å². The van der Waals surface area contributed by atoms with Crippen LogP contribution in [0.4, 0.5) is 8.78 Å². The van der Waals surface area contributed by atoms with E-state index in [1.165, 1.54) is 0 Å². The number of hydrogen-bond acceptors (Lipinski definition) is 2. The highest BCUT2D eigenvalue weighted by Crippen LogP contribution is 2.14. The number of carboxylic acids is 1. The Morgan fingerprint density at radius 3 is 2.60 bits per heavy atom. The average Bonchev–Trinajstić information content (AvgIpc) is 2.18. The molecule has 0 aromatic heterocycles. The van der Waals surface area contributed by atoms with Crippen LogP contribution in [0.15, 0.2) is 12.1 Å². The molecule has 3 nitrogen and oxygen atoms in total. The molecule has 0 spiro atoms. The van der Waals surface area contributed by atoms with Gasteiger partial charge in [0.1, 0.15) is 11.6 Å². The Morgan fingerprint density at radius 2 is 2.07 bits per heavy atom. The largest absolute Gasteiger partial charge is 0.478 e. The molecule has 0 amide bonds. The van der Waals surface area contributed by atoms with E-state index < -0.39 is 23.2 Å². The van der Waals surface area contributed by atoms with Crippen molar-refractivity contribution in [3.8, 4) is 11.8 Å². The Hall–Kier alpha value is -1.93. The molecular formula is C10H7F2NO2. The third kappa shape index (κ3) is 2.51. The van der Waals surface area contributed by atoms with Crippen molar-refractivity contribution in [3.05, 3.63) is 34.9 Å². The lowest BCUT2D eigenvalue weighted by Gasteiger charge is -1.99. The smallest absolute Gasteiger partial charge is 0.338 e.